The first-order valence-electron chi connectivity index (χ1n) is 6.85. The van der Waals surface area contributed by atoms with Crippen LogP contribution in [0.25, 0.3) is 0 Å². The Kier molecular flexibility index (Phi) is 3.22. The van der Waals surface area contributed by atoms with Crippen LogP contribution >= 0.6 is 0 Å². The molecule has 4 nitrogen and oxygen atoms in total. The number of hydrogen-bond donors (Lipinski definition) is 1. The molecule has 1 saturated carbocycles. The number of hydrogen-bond acceptors (Lipinski definition) is 2. The number of aromatic nitrogens is 1. The first-order chi connectivity index (χ1) is 9.65. The number of phenols is 1. The summed E-state index contributed by atoms with van der Waals surface area (Å²) in [6.45, 7) is 0.537. The molecule has 1 N–H and O–H groups in total. The van der Waals surface area contributed by atoms with Gasteiger partial charge in [0.25, 0.3) is 5.91 Å². The molecule has 0 atom stereocenters. The van der Waals surface area contributed by atoms with Crippen LogP contribution in [0.1, 0.15) is 34.9 Å². The predicted octanol–water partition coefficient (Wildman–Crippen LogP) is 2.80. The minimum absolute atomic E-state index is 0.0370. The fourth-order valence-corrected chi connectivity index (χ4v) is 2.39. The van der Waals surface area contributed by atoms with Crippen molar-refractivity contribution in [1.29, 1.82) is 0 Å². The van der Waals surface area contributed by atoms with Gasteiger partial charge in [0, 0.05) is 25.8 Å². The number of carbonyl (C=O) groups is 1. The highest BCUT2D eigenvalue weighted by Gasteiger charge is 2.27. The SMILES string of the molecule is CN(Cc1ccc(O)cc1)C(=O)c1cccn1C1CC1. The molecular formula is C16H18N2O2. The summed E-state index contributed by atoms with van der Waals surface area (Å²) in [5, 5.41) is 9.27. The second-order valence-electron chi connectivity index (χ2n) is 5.36. The van der Waals surface area contributed by atoms with Gasteiger partial charge < -0.3 is 14.6 Å². The molecule has 0 bridgehead atoms. The van der Waals surface area contributed by atoms with Gasteiger partial charge in [-0.05, 0) is 42.7 Å². The van der Waals surface area contributed by atoms with Crippen molar-refractivity contribution in [3.63, 3.8) is 0 Å². The van der Waals surface area contributed by atoms with E-state index in [1.807, 2.05) is 30.5 Å². The number of aromatic hydroxyl groups is 1. The lowest BCUT2D eigenvalue weighted by molar-refractivity contribution is 0.0774. The van der Waals surface area contributed by atoms with Crippen molar-refractivity contribution in [2.75, 3.05) is 7.05 Å². The molecule has 1 aliphatic rings. The van der Waals surface area contributed by atoms with Crippen molar-refractivity contribution in [1.82, 2.24) is 9.47 Å². The van der Waals surface area contributed by atoms with Crippen LogP contribution in [0.4, 0.5) is 0 Å². The van der Waals surface area contributed by atoms with E-state index in [0.29, 0.717) is 12.6 Å². The molecule has 0 spiro atoms. The van der Waals surface area contributed by atoms with Crippen molar-refractivity contribution in [3.05, 3.63) is 53.9 Å². The van der Waals surface area contributed by atoms with Crippen LogP contribution in [0.3, 0.4) is 0 Å². The minimum Gasteiger partial charge on any atom is -0.508 e. The predicted molar refractivity (Wildman–Crippen MR) is 76.6 cm³/mol. The molecule has 1 heterocycles. The number of carbonyl (C=O) groups excluding carboxylic acids is 1. The van der Waals surface area contributed by atoms with Crippen LogP contribution in [-0.4, -0.2) is 27.5 Å². The Labute approximate surface area is 118 Å². The molecule has 1 aromatic heterocycles. The lowest BCUT2D eigenvalue weighted by atomic mass is 10.2. The quantitative estimate of drug-likeness (QED) is 0.928. The van der Waals surface area contributed by atoms with Gasteiger partial charge in [-0.3, -0.25) is 4.79 Å². The molecule has 0 saturated heterocycles. The molecule has 2 aromatic rings. The monoisotopic (exact) mass is 270 g/mol. The number of phenolic OH excluding ortho intramolecular Hbond substituents is 1. The van der Waals surface area contributed by atoms with Crippen LogP contribution < -0.4 is 0 Å². The number of nitrogens with zero attached hydrogens (tertiary/aromatic N) is 2. The third-order valence-corrected chi connectivity index (χ3v) is 3.64. The largest absolute Gasteiger partial charge is 0.508 e. The number of benzene rings is 1. The number of rotatable bonds is 4. The van der Waals surface area contributed by atoms with E-state index in [1.165, 1.54) is 0 Å². The van der Waals surface area contributed by atoms with Crippen LogP contribution in [0.5, 0.6) is 5.75 Å². The maximum Gasteiger partial charge on any atom is 0.270 e. The topological polar surface area (TPSA) is 45.5 Å². The molecule has 3 rings (SSSR count). The lowest BCUT2D eigenvalue weighted by Crippen LogP contribution is -2.28. The Morgan fingerprint density at radius 1 is 1.30 bits per heavy atom. The minimum atomic E-state index is 0.0370. The molecule has 1 aromatic carbocycles. The summed E-state index contributed by atoms with van der Waals surface area (Å²) in [6.07, 6.45) is 4.31. The standard InChI is InChI=1S/C16H18N2O2/c1-17(11-12-4-8-14(19)9-5-12)16(20)15-3-2-10-18(15)13-6-7-13/h2-5,8-10,13,19H,6-7,11H2,1H3. The van der Waals surface area contributed by atoms with Gasteiger partial charge in [-0.25, -0.2) is 0 Å². The molecule has 0 radical (unpaired) electrons. The third-order valence-electron chi connectivity index (χ3n) is 3.64. The lowest BCUT2D eigenvalue weighted by Gasteiger charge is -2.18. The summed E-state index contributed by atoms with van der Waals surface area (Å²) >= 11 is 0. The molecule has 0 aliphatic heterocycles. The fraction of sp³-hybridized carbons (Fsp3) is 0.312. The van der Waals surface area contributed by atoms with Crippen molar-refractivity contribution >= 4 is 5.91 Å². The van der Waals surface area contributed by atoms with E-state index in [2.05, 4.69) is 4.57 Å². The van der Waals surface area contributed by atoms with Crippen molar-refractivity contribution in [2.24, 2.45) is 0 Å². The molecule has 4 heteroatoms. The summed E-state index contributed by atoms with van der Waals surface area (Å²) in [5.74, 6) is 0.278. The van der Waals surface area contributed by atoms with E-state index in [1.54, 1.807) is 24.1 Å². The first-order valence-corrected chi connectivity index (χ1v) is 6.85. The molecule has 1 aliphatic carbocycles. The first kappa shape index (κ1) is 12.8. The van der Waals surface area contributed by atoms with Gasteiger partial charge >= 0.3 is 0 Å². The molecular weight excluding hydrogens is 252 g/mol. The van der Waals surface area contributed by atoms with Gasteiger partial charge in [0.15, 0.2) is 0 Å². The second kappa shape index (κ2) is 5.04. The molecule has 1 amide bonds. The normalized spacial score (nSPS) is 14.2. The van der Waals surface area contributed by atoms with E-state index in [9.17, 15) is 9.90 Å². The molecule has 104 valence electrons. The van der Waals surface area contributed by atoms with Crippen LogP contribution in [0.2, 0.25) is 0 Å². The van der Waals surface area contributed by atoms with Crippen molar-refractivity contribution in [2.45, 2.75) is 25.4 Å². The van der Waals surface area contributed by atoms with Crippen LogP contribution in [0.15, 0.2) is 42.6 Å². The smallest absolute Gasteiger partial charge is 0.270 e. The van der Waals surface area contributed by atoms with Gasteiger partial charge in [0.05, 0.1) is 0 Å². The molecule has 20 heavy (non-hydrogen) atoms. The van der Waals surface area contributed by atoms with E-state index in [-0.39, 0.29) is 11.7 Å². The maximum atomic E-state index is 12.5. The summed E-state index contributed by atoms with van der Waals surface area (Å²) in [5.41, 5.74) is 1.76. The number of amides is 1. The fourth-order valence-electron chi connectivity index (χ4n) is 2.39. The van der Waals surface area contributed by atoms with Gasteiger partial charge in [0.1, 0.15) is 11.4 Å². The van der Waals surface area contributed by atoms with Crippen LogP contribution in [0, 0.1) is 0 Å². The zero-order chi connectivity index (χ0) is 14.1. The van der Waals surface area contributed by atoms with Crippen molar-refractivity contribution in [3.8, 4) is 5.75 Å². The summed E-state index contributed by atoms with van der Waals surface area (Å²) in [6, 6.07) is 11.3. The van der Waals surface area contributed by atoms with Gasteiger partial charge in [-0.1, -0.05) is 12.1 Å². The summed E-state index contributed by atoms with van der Waals surface area (Å²) in [7, 11) is 1.80. The Hall–Kier alpha value is -2.23. The van der Waals surface area contributed by atoms with E-state index in [4.69, 9.17) is 0 Å². The summed E-state index contributed by atoms with van der Waals surface area (Å²) in [4.78, 5) is 14.2. The van der Waals surface area contributed by atoms with Gasteiger partial charge in [0.2, 0.25) is 0 Å². The maximum absolute atomic E-state index is 12.5. The highest BCUT2D eigenvalue weighted by Crippen LogP contribution is 2.36. The average molecular weight is 270 g/mol. The van der Waals surface area contributed by atoms with Gasteiger partial charge in [-0.2, -0.15) is 0 Å². The highest BCUT2D eigenvalue weighted by atomic mass is 16.3. The molecule has 0 unspecified atom stereocenters. The van der Waals surface area contributed by atoms with Gasteiger partial charge in [-0.15, -0.1) is 0 Å². The Morgan fingerprint density at radius 3 is 2.65 bits per heavy atom. The second-order valence-corrected chi connectivity index (χ2v) is 5.36. The summed E-state index contributed by atoms with van der Waals surface area (Å²) < 4.78 is 2.08. The van der Waals surface area contributed by atoms with E-state index in [0.717, 1.165) is 24.1 Å². The van der Waals surface area contributed by atoms with Crippen LogP contribution in [-0.2, 0) is 6.54 Å². The average Bonchev–Trinajstić information content (AvgIpc) is 3.18. The van der Waals surface area contributed by atoms with E-state index >= 15 is 0 Å². The Morgan fingerprint density at radius 2 is 2.00 bits per heavy atom. The van der Waals surface area contributed by atoms with Crippen molar-refractivity contribution < 1.29 is 9.90 Å². The zero-order valence-electron chi connectivity index (χ0n) is 11.5. The third kappa shape index (κ3) is 2.54. The zero-order valence-corrected chi connectivity index (χ0v) is 11.5. The highest BCUT2D eigenvalue weighted by molar-refractivity contribution is 5.92. The Balaban J connectivity index is 1.72. The Bertz CT molecular complexity index is 612. The molecule has 1 fully saturated rings. The van der Waals surface area contributed by atoms with E-state index < -0.39 is 0 Å².